The summed E-state index contributed by atoms with van der Waals surface area (Å²) in [6.45, 7) is 11.6. The number of nitrogens with zero attached hydrogens (tertiary/aromatic N) is 1. The lowest BCUT2D eigenvalue weighted by Crippen LogP contribution is -2.42. The van der Waals surface area contributed by atoms with Crippen molar-refractivity contribution >= 4 is 18.0 Å². The number of aromatic nitrogens is 1. The van der Waals surface area contributed by atoms with Gasteiger partial charge in [-0.1, -0.05) is 44.2 Å². The fourth-order valence-corrected chi connectivity index (χ4v) is 6.64. The molecule has 2 bridgehead atoms. The molecule has 246 valence electrons. The van der Waals surface area contributed by atoms with Gasteiger partial charge in [-0.05, 0) is 56.8 Å². The number of hydrogen-bond acceptors (Lipinski definition) is 10. The number of cyclic esters (lactones) is 1. The maximum Gasteiger partial charge on any atom is 0.338 e. The van der Waals surface area contributed by atoms with Gasteiger partial charge in [0.2, 0.25) is 0 Å². The molecule has 5 rings (SSSR count). The van der Waals surface area contributed by atoms with Crippen LogP contribution < -0.4 is 0 Å². The zero-order chi connectivity index (χ0) is 32.5. The van der Waals surface area contributed by atoms with E-state index in [9.17, 15) is 14.7 Å². The molecule has 0 aromatic carbocycles. The molecule has 0 saturated carbocycles. The molecular weight excluding hydrogens is 578 g/mol. The van der Waals surface area contributed by atoms with Crippen molar-refractivity contribution < 1.29 is 42.8 Å². The van der Waals surface area contributed by atoms with Crippen LogP contribution in [0.15, 0.2) is 52.2 Å². The van der Waals surface area contributed by atoms with Gasteiger partial charge in [0.25, 0.3) is 0 Å². The Labute approximate surface area is 265 Å². The number of rotatable bonds is 7. The molecule has 0 unspecified atom stereocenters. The smallest absolute Gasteiger partial charge is 0.338 e. The first kappa shape index (κ1) is 33.3. The molecule has 1 N–H and O–H groups in total. The molecule has 0 amide bonds. The molecule has 4 aliphatic heterocycles. The molecule has 1 aromatic rings. The standard InChI is InChI=1S/C35H47NO9/c1-19(13-25-18-41-23(5)36-25)9-8-10-21(3)32(40-7)22(4)27-17-29(37)35(6)30(45-35)12-11-20(2)26-14-24(16-31(38)42-26)15-28-33(43-28)34(39)44-27/h8-13,18,20,22,24,26-30,32-33,37H,14-17H2,1-7H3/b9-8+,12-11+,19-13+,21-10+/t20-,22+,24-,26-,27-,28-,29+,30-,32+,33-,35-/m1/s1. The second kappa shape index (κ2) is 13.7. The second-order valence-corrected chi connectivity index (χ2v) is 13.3. The number of aliphatic hydroxyl groups is 1. The van der Waals surface area contributed by atoms with Crippen LogP contribution in [-0.4, -0.2) is 77.5 Å². The number of esters is 2. The van der Waals surface area contributed by atoms with Gasteiger partial charge in [-0.2, -0.15) is 0 Å². The molecular formula is C35H47NO9. The summed E-state index contributed by atoms with van der Waals surface area (Å²) in [4.78, 5) is 30.1. The Morgan fingerprint density at radius 1 is 1.16 bits per heavy atom. The van der Waals surface area contributed by atoms with Gasteiger partial charge < -0.3 is 33.2 Å². The molecule has 45 heavy (non-hydrogen) atoms. The van der Waals surface area contributed by atoms with Crippen LogP contribution in [0.5, 0.6) is 0 Å². The highest BCUT2D eigenvalue weighted by Gasteiger charge is 2.57. The highest BCUT2D eigenvalue weighted by Crippen LogP contribution is 2.44. The van der Waals surface area contributed by atoms with E-state index in [1.165, 1.54) is 0 Å². The van der Waals surface area contributed by atoms with Crippen LogP contribution in [0, 0.1) is 24.7 Å². The molecule has 0 spiro atoms. The van der Waals surface area contributed by atoms with Gasteiger partial charge in [0.05, 0.1) is 18.3 Å². The minimum absolute atomic E-state index is 0.0130. The van der Waals surface area contributed by atoms with Crippen molar-refractivity contribution in [3.8, 4) is 0 Å². The maximum absolute atomic E-state index is 13.4. The van der Waals surface area contributed by atoms with Crippen LogP contribution in [0.4, 0.5) is 0 Å². The molecule has 11 atom stereocenters. The Balaban J connectivity index is 1.33. The van der Waals surface area contributed by atoms with Crippen LogP contribution in [0.2, 0.25) is 0 Å². The molecule has 10 heteroatoms. The lowest BCUT2D eigenvalue weighted by Gasteiger charge is -2.33. The van der Waals surface area contributed by atoms with Crippen LogP contribution in [0.3, 0.4) is 0 Å². The number of epoxide rings is 2. The highest BCUT2D eigenvalue weighted by molar-refractivity contribution is 5.78. The number of ether oxygens (including phenoxy) is 5. The molecule has 0 radical (unpaired) electrons. The van der Waals surface area contributed by atoms with Gasteiger partial charge in [0, 0.05) is 38.7 Å². The van der Waals surface area contributed by atoms with Crippen molar-refractivity contribution in [3.63, 3.8) is 0 Å². The quantitative estimate of drug-likeness (QED) is 0.190. The van der Waals surface area contributed by atoms with E-state index in [-0.39, 0.29) is 48.5 Å². The van der Waals surface area contributed by atoms with Crippen LogP contribution in [0.25, 0.3) is 6.08 Å². The van der Waals surface area contributed by atoms with Gasteiger partial charge in [0.1, 0.15) is 35.9 Å². The molecule has 10 nitrogen and oxygen atoms in total. The van der Waals surface area contributed by atoms with Crippen molar-refractivity contribution in [1.82, 2.24) is 4.98 Å². The van der Waals surface area contributed by atoms with E-state index >= 15 is 0 Å². The Morgan fingerprint density at radius 3 is 2.62 bits per heavy atom. The van der Waals surface area contributed by atoms with Crippen molar-refractivity contribution in [2.45, 2.75) is 116 Å². The summed E-state index contributed by atoms with van der Waals surface area (Å²) in [5, 5.41) is 11.4. The second-order valence-electron chi connectivity index (χ2n) is 13.3. The van der Waals surface area contributed by atoms with E-state index < -0.39 is 36.0 Å². The maximum atomic E-state index is 13.4. The summed E-state index contributed by atoms with van der Waals surface area (Å²) in [5.74, 6) is -0.316. The number of aliphatic hydroxyl groups excluding tert-OH is 1. The molecule has 3 saturated heterocycles. The summed E-state index contributed by atoms with van der Waals surface area (Å²) in [7, 11) is 1.63. The third-order valence-corrected chi connectivity index (χ3v) is 9.63. The van der Waals surface area contributed by atoms with E-state index in [0.717, 1.165) is 16.8 Å². The van der Waals surface area contributed by atoms with Crippen LogP contribution >= 0.6 is 0 Å². The summed E-state index contributed by atoms with van der Waals surface area (Å²) in [5.41, 5.74) is 1.86. The summed E-state index contributed by atoms with van der Waals surface area (Å²) in [6, 6.07) is 0. The Bertz CT molecular complexity index is 1360. The number of fused-ring (bicyclic) bond motifs is 4. The Hall–Kier alpha value is -3.05. The Kier molecular flexibility index (Phi) is 10.2. The SMILES string of the molecule is CO[C@@H](/C(C)=C/C=C/C(C)=C/c1coc(C)n1)[C@@H](C)[C@H]1C[C@H](O)[C@@]2(C)O[C@@H]2/C=C/[C@@H](C)[C@H]2C[C@@H](CC(=O)O2)C[C@H]2O[C@H]2C(=O)O1. The summed E-state index contributed by atoms with van der Waals surface area (Å²) >= 11 is 0. The van der Waals surface area contributed by atoms with E-state index in [1.54, 1.807) is 20.3 Å². The van der Waals surface area contributed by atoms with Crippen molar-refractivity contribution in [2.24, 2.45) is 17.8 Å². The highest BCUT2D eigenvalue weighted by atomic mass is 16.6. The Morgan fingerprint density at radius 2 is 1.91 bits per heavy atom. The zero-order valence-corrected chi connectivity index (χ0v) is 27.3. The molecule has 1 aromatic heterocycles. The first-order valence-corrected chi connectivity index (χ1v) is 16.0. The van der Waals surface area contributed by atoms with Gasteiger partial charge in [-0.25, -0.2) is 9.78 Å². The average Bonchev–Trinajstić information content (AvgIpc) is 3.86. The topological polar surface area (TPSA) is 133 Å². The number of hydrogen-bond donors (Lipinski definition) is 1. The lowest BCUT2D eigenvalue weighted by molar-refractivity contribution is -0.159. The van der Waals surface area contributed by atoms with Gasteiger partial charge in [0.15, 0.2) is 12.0 Å². The summed E-state index contributed by atoms with van der Waals surface area (Å²) < 4.78 is 34.7. The zero-order valence-electron chi connectivity index (χ0n) is 27.3. The molecule has 4 aliphatic rings. The normalized spacial score (nSPS) is 38.0. The van der Waals surface area contributed by atoms with Crippen LogP contribution in [0.1, 0.15) is 71.9 Å². The predicted octanol–water partition coefficient (Wildman–Crippen LogP) is 5.05. The third-order valence-electron chi connectivity index (χ3n) is 9.63. The van der Waals surface area contributed by atoms with E-state index in [2.05, 4.69) is 4.98 Å². The predicted molar refractivity (Wildman–Crippen MR) is 166 cm³/mol. The van der Waals surface area contributed by atoms with Gasteiger partial charge in [-0.3, -0.25) is 4.79 Å². The number of carbonyl (C=O) groups is 2. The van der Waals surface area contributed by atoms with E-state index in [0.29, 0.717) is 25.2 Å². The van der Waals surface area contributed by atoms with Gasteiger partial charge >= 0.3 is 11.9 Å². The minimum atomic E-state index is -0.905. The number of allylic oxidation sites excluding steroid dienone is 4. The fraction of sp³-hybridized carbons (Fsp3) is 0.629. The van der Waals surface area contributed by atoms with E-state index in [4.69, 9.17) is 28.1 Å². The molecule has 3 fully saturated rings. The van der Waals surface area contributed by atoms with Gasteiger partial charge in [-0.15, -0.1) is 0 Å². The largest absolute Gasteiger partial charge is 0.462 e. The van der Waals surface area contributed by atoms with Crippen molar-refractivity contribution in [3.05, 3.63) is 59.4 Å². The van der Waals surface area contributed by atoms with Crippen molar-refractivity contribution in [2.75, 3.05) is 7.11 Å². The lowest BCUT2D eigenvalue weighted by atomic mass is 9.84. The first-order valence-electron chi connectivity index (χ1n) is 16.0. The number of oxazole rings is 1. The molecule has 5 heterocycles. The van der Waals surface area contributed by atoms with E-state index in [1.807, 2.05) is 71.1 Å². The summed E-state index contributed by atoms with van der Waals surface area (Å²) in [6.07, 6.45) is 11.7. The van der Waals surface area contributed by atoms with Crippen LogP contribution in [-0.2, 0) is 33.3 Å². The average molecular weight is 626 g/mol. The number of carbonyl (C=O) groups excluding carboxylic acids is 2. The molecule has 0 aliphatic carbocycles. The fourth-order valence-electron chi connectivity index (χ4n) is 6.64. The third kappa shape index (κ3) is 8.03. The monoisotopic (exact) mass is 625 g/mol. The number of aryl methyl sites for hydroxylation is 1. The number of methoxy groups -OCH3 is 1. The van der Waals surface area contributed by atoms with Crippen molar-refractivity contribution in [1.29, 1.82) is 0 Å². The first-order chi connectivity index (χ1) is 21.4. The minimum Gasteiger partial charge on any atom is -0.462 e.